The van der Waals surface area contributed by atoms with Gasteiger partial charge in [0.25, 0.3) is 5.91 Å². The number of halogens is 1. The molecule has 1 aromatic rings. The van der Waals surface area contributed by atoms with E-state index in [9.17, 15) is 4.79 Å². The van der Waals surface area contributed by atoms with Gasteiger partial charge in [0.15, 0.2) is 0 Å². The van der Waals surface area contributed by atoms with Crippen LogP contribution in [-0.4, -0.2) is 30.7 Å². The van der Waals surface area contributed by atoms with Gasteiger partial charge in [-0.05, 0) is 18.9 Å². The SMILES string of the molecule is COCC1(CNC(=O)c2cc(Cl)cn2C)CC1. The quantitative estimate of drug-likeness (QED) is 0.874. The highest BCUT2D eigenvalue weighted by molar-refractivity contribution is 6.31. The number of nitrogens with one attached hydrogen (secondary N) is 1. The van der Waals surface area contributed by atoms with Gasteiger partial charge in [0.2, 0.25) is 0 Å². The van der Waals surface area contributed by atoms with E-state index in [4.69, 9.17) is 16.3 Å². The number of carbonyl (C=O) groups excluding carboxylic acids is 1. The van der Waals surface area contributed by atoms with Crippen LogP contribution in [0.2, 0.25) is 5.02 Å². The lowest BCUT2D eigenvalue weighted by molar-refractivity contribution is 0.0911. The predicted octanol–water partition coefficient (Wildman–Crippen LogP) is 1.83. The van der Waals surface area contributed by atoms with Crippen LogP contribution < -0.4 is 5.32 Å². The van der Waals surface area contributed by atoms with Crippen molar-refractivity contribution < 1.29 is 9.53 Å². The van der Waals surface area contributed by atoms with E-state index in [1.54, 1.807) is 23.9 Å². The molecule has 1 heterocycles. The van der Waals surface area contributed by atoms with Gasteiger partial charge in [-0.15, -0.1) is 0 Å². The molecule has 0 aliphatic heterocycles. The third-order valence-electron chi connectivity index (χ3n) is 3.24. The molecule has 0 spiro atoms. The van der Waals surface area contributed by atoms with E-state index in [1.807, 2.05) is 7.05 Å². The van der Waals surface area contributed by atoms with E-state index in [0.29, 0.717) is 23.9 Å². The molecule has 1 amide bonds. The zero-order chi connectivity index (χ0) is 12.5. The molecule has 0 saturated heterocycles. The number of aromatic nitrogens is 1. The molecule has 94 valence electrons. The maximum Gasteiger partial charge on any atom is 0.267 e. The smallest absolute Gasteiger partial charge is 0.267 e. The Morgan fingerprint density at radius 3 is 2.82 bits per heavy atom. The van der Waals surface area contributed by atoms with Gasteiger partial charge < -0.3 is 14.6 Å². The highest BCUT2D eigenvalue weighted by Crippen LogP contribution is 2.45. The fourth-order valence-corrected chi connectivity index (χ4v) is 2.21. The van der Waals surface area contributed by atoms with Crippen LogP contribution in [0.15, 0.2) is 12.3 Å². The van der Waals surface area contributed by atoms with Gasteiger partial charge in [-0.25, -0.2) is 0 Å². The lowest BCUT2D eigenvalue weighted by Gasteiger charge is -2.14. The first-order valence-corrected chi connectivity index (χ1v) is 6.03. The summed E-state index contributed by atoms with van der Waals surface area (Å²) >= 11 is 5.84. The summed E-state index contributed by atoms with van der Waals surface area (Å²) in [4.78, 5) is 11.9. The normalized spacial score (nSPS) is 16.9. The fourth-order valence-electron chi connectivity index (χ4n) is 1.96. The topological polar surface area (TPSA) is 43.3 Å². The van der Waals surface area contributed by atoms with Crippen molar-refractivity contribution in [2.45, 2.75) is 12.8 Å². The summed E-state index contributed by atoms with van der Waals surface area (Å²) in [5, 5.41) is 3.52. The van der Waals surface area contributed by atoms with Gasteiger partial charge in [-0.2, -0.15) is 0 Å². The van der Waals surface area contributed by atoms with Crippen LogP contribution in [0.4, 0.5) is 0 Å². The maximum atomic E-state index is 11.9. The second-order valence-corrected chi connectivity index (χ2v) is 5.21. The van der Waals surface area contributed by atoms with Crippen molar-refractivity contribution in [1.29, 1.82) is 0 Å². The lowest BCUT2D eigenvalue weighted by atomic mass is 10.1. The summed E-state index contributed by atoms with van der Waals surface area (Å²) in [6.45, 7) is 1.38. The van der Waals surface area contributed by atoms with Crippen LogP contribution in [0.25, 0.3) is 0 Å². The average Bonchev–Trinajstić information content (AvgIpc) is 2.95. The Bertz CT molecular complexity index is 424. The van der Waals surface area contributed by atoms with Crippen LogP contribution in [-0.2, 0) is 11.8 Å². The molecular weight excluding hydrogens is 240 g/mol. The molecule has 1 saturated carbocycles. The first-order chi connectivity index (χ1) is 8.06. The van der Waals surface area contributed by atoms with E-state index < -0.39 is 0 Å². The molecule has 0 bridgehead atoms. The zero-order valence-electron chi connectivity index (χ0n) is 10.1. The van der Waals surface area contributed by atoms with Crippen LogP contribution in [0.5, 0.6) is 0 Å². The summed E-state index contributed by atoms with van der Waals surface area (Å²) in [5.41, 5.74) is 0.752. The monoisotopic (exact) mass is 256 g/mol. The molecule has 1 aliphatic rings. The van der Waals surface area contributed by atoms with Gasteiger partial charge in [-0.1, -0.05) is 11.6 Å². The number of rotatable bonds is 5. The predicted molar refractivity (Wildman–Crippen MR) is 66.3 cm³/mol. The Labute approximate surface area is 106 Å². The minimum absolute atomic E-state index is 0.0817. The highest BCUT2D eigenvalue weighted by atomic mass is 35.5. The molecule has 1 fully saturated rings. The van der Waals surface area contributed by atoms with Crippen LogP contribution >= 0.6 is 11.6 Å². The molecule has 0 radical (unpaired) electrons. The molecule has 5 heteroatoms. The van der Waals surface area contributed by atoms with E-state index in [0.717, 1.165) is 12.8 Å². The second kappa shape index (κ2) is 4.70. The van der Waals surface area contributed by atoms with Crippen LogP contribution in [0.3, 0.4) is 0 Å². The minimum Gasteiger partial charge on any atom is -0.384 e. The summed E-state index contributed by atoms with van der Waals surface area (Å²) in [6, 6.07) is 1.67. The average molecular weight is 257 g/mol. The maximum absolute atomic E-state index is 11.9. The molecular formula is C12H17ClN2O2. The van der Waals surface area contributed by atoms with Gasteiger partial charge in [0.05, 0.1) is 11.6 Å². The molecule has 1 N–H and O–H groups in total. The third kappa shape index (κ3) is 2.82. The fraction of sp³-hybridized carbons (Fsp3) is 0.583. The van der Waals surface area contributed by atoms with Crippen molar-refractivity contribution in [2.24, 2.45) is 12.5 Å². The second-order valence-electron chi connectivity index (χ2n) is 4.77. The number of methoxy groups -OCH3 is 1. The number of hydrogen-bond donors (Lipinski definition) is 1. The number of ether oxygens (including phenoxy) is 1. The summed E-state index contributed by atoms with van der Waals surface area (Å²) < 4.78 is 6.89. The number of carbonyl (C=O) groups is 1. The molecule has 2 rings (SSSR count). The Morgan fingerprint density at radius 2 is 2.35 bits per heavy atom. The van der Waals surface area contributed by atoms with Crippen molar-refractivity contribution in [3.05, 3.63) is 23.0 Å². The molecule has 1 aliphatic carbocycles. The van der Waals surface area contributed by atoms with Gasteiger partial charge in [0, 0.05) is 32.3 Å². The molecule has 0 unspecified atom stereocenters. The van der Waals surface area contributed by atoms with Gasteiger partial charge in [-0.3, -0.25) is 4.79 Å². The third-order valence-corrected chi connectivity index (χ3v) is 3.44. The van der Waals surface area contributed by atoms with E-state index in [-0.39, 0.29) is 11.3 Å². The molecule has 17 heavy (non-hydrogen) atoms. The summed E-state index contributed by atoms with van der Waals surface area (Å²) in [7, 11) is 3.50. The lowest BCUT2D eigenvalue weighted by Crippen LogP contribution is -2.33. The summed E-state index contributed by atoms with van der Waals surface area (Å²) in [5.74, 6) is -0.0817. The van der Waals surface area contributed by atoms with Crippen molar-refractivity contribution in [3.63, 3.8) is 0 Å². The van der Waals surface area contributed by atoms with E-state index >= 15 is 0 Å². The summed E-state index contributed by atoms with van der Waals surface area (Å²) in [6.07, 6.45) is 3.96. The van der Waals surface area contributed by atoms with Gasteiger partial charge >= 0.3 is 0 Å². The largest absolute Gasteiger partial charge is 0.384 e. The number of amides is 1. The molecule has 0 atom stereocenters. The van der Waals surface area contributed by atoms with Crippen LogP contribution in [0.1, 0.15) is 23.3 Å². The van der Waals surface area contributed by atoms with Crippen molar-refractivity contribution >= 4 is 17.5 Å². The number of nitrogens with zero attached hydrogens (tertiary/aromatic N) is 1. The molecule has 4 nitrogen and oxygen atoms in total. The first kappa shape index (κ1) is 12.5. The standard InChI is InChI=1S/C12H17ClN2O2/c1-15-6-9(13)5-10(15)11(16)14-7-12(3-4-12)8-17-2/h5-6H,3-4,7-8H2,1-2H3,(H,14,16). The Morgan fingerprint density at radius 1 is 1.65 bits per heavy atom. The Kier molecular flexibility index (Phi) is 3.45. The first-order valence-electron chi connectivity index (χ1n) is 5.65. The highest BCUT2D eigenvalue weighted by Gasteiger charge is 2.42. The van der Waals surface area contributed by atoms with Crippen LogP contribution in [0, 0.1) is 5.41 Å². The van der Waals surface area contributed by atoms with E-state index in [2.05, 4.69) is 5.32 Å². The molecule has 1 aromatic heterocycles. The van der Waals surface area contributed by atoms with Gasteiger partial charge in [0.1, 0.15) is 5.69 Å². The van der Waals surface area contributed by atoms with Crippen molar-refractivity contribution in [3.8, 4) is 0 Å². The Hall–Kier alpha value is -1.00. The van der Waals surface area contributed by atoms with Crippen molar-refractivity contribution in [2.75, 3.05) is 20.3 Å². The Balaban J connectivity index is 1.92. The minimum atomic E-state index is -0.0817. The zero-order valence-corrected chi connectivity index (χ0v) is 10.9. The van der Waals surface area contributed by atoms with Crippen molar-refractivity contribution in [1.82, 2.24) is 9.88 Å². The number of hydrogen-bond acceptors (Lipinski definition) is 2. The molecule has 0 aromatic carbocycles. The number of aryl methyl sites for hydroxylation is 1. The van der Waals surface area contributed by atoms with E-state index in [1.165, 1.54) is 0 Å².